The molecule has 0 saturated carbocycles. The number of nitrogens with zero attached hydrogens (tertiary/aromatic N) is 3. The summed E-state index contributed by atoms with van der Waals surface area (Å²) in [5.74, 6) is -0.993. The SMILES string of the molecule is Cc1ccc(S(=O)(=O)N2CCCN(C(=O)c3ccccc3F)CC2)c2cccnc12. The van der Waals surface area contributed by atoms with Crippen molar-refractivity contribution in [3.05, 3.63) is 71.7 Å². The van der Waals surface area contributed by atoms with Gasteiger partial charge in [0.2, 0.25) is 10.0 Å². The number of carbonyl (C=O) groups is 1. The van der Waals surface area contributed by atoms with Crippen molar-refractivity contribution in [2.45, 2.75) is 18.2 Å². The van der Waals surface area contributed by atoms with Crippen LogP contribution < -0.4 is 0 Å². The van der Waals surface area contributed by atoms with Gasteiger partial charge in [-0.05, 0) is 49.2 Å². The smallest absolute Gasteiger partial charge is 0.256 e. The number of amides is 1. The zero-order valence-corrected chi connectivity index (χ0v) is 17.4. The lowest BCUT2D eigenvalue weighted by Crippen LogP contribution is -2.37. The Hall–Kier alpha value is -2.84. The molecule has 30 heavy (non-hydrogen) atoms. The van der Waals surface area contributed by atoms with Gasteiger partial charge in [-0.25, -0.2) is 12.8 Å². The van der Waals surface area contributed by atoms with Crippen LogP contribution in [0, 0.1) is 12.7 Å². The van der Waals surface area contributed by atoms with Crippen LogP contribution in [0.2, 0.25) is 0 Å². The van der Waals surface area contributed by atoms with Gasteiger partial charge in [-0.3, -0.25) is 9.78 Å². The molecule has 1 aromatic heterocycles. The molecule has 4 rings (SSSR count). The Bertz CT molecular complexity index is 1210. The fourth-order valence-electron chi connectivity index (χ4n) is 3.79. The number of hydrogen-bond donors (Lipinski definition) is 0. The van der Waals surface area contributed by atoms with Crippen molar-refractivity contribution < 1.29 is 17.6 Å². The van der Waals surface area contributed by atoms with E-state index in [1.54, 1.807) is 36.5 Å². The van der Waals surface area contributed by atoms with Gasteiger partial charge in [0.1, 0.15) is 5.82 Å². The van der Waals surface area contributed by atoms with E-state index >= 15 is 0 Å². The van der Waals surface area contributed by atoms with Crippen LogP contribution in [-0.2, 0) is 10.0 Å². The van der Waals surface area contributed by atoms with Gasteiger partial charge in [-0.15, -0.1) is 0 Å². The largest absolute Gasteiger partial charge is 0.337 e. The lowest BCUT2D eigenvalue weighted by molar-refractivity contribution is 0.0759. The summed E-state index contributed by atoms with van der Waals surface area (Å²) in [5, 5.41) is 0.584. The second kappa shape index (κ2) is 8.12. The van der Waals surface area contributed by atoms with Gasteiger partial charge in [0.05, 0.1) is 16.0 Å². The van der Waals surface area contributed by atoms with Gasteiger partial charge < -0.3 is 4.90 Å². The van der Waals surface area contributed by atoms with Crippen molar-refractivity contribution in [3.63, 3.8) is 0 Å². The molecule has 0 aliphatic carbocycles. The summed E-state index contributed by atoms with van der Waals surface area (Å²) in [7, 11) is -3.77. The Balaban J connectivity index is 1.60. The Morgan fingerprint density at radius 1 is 1.00 bits per heavy atom. The summed E-state index contributed by atoms with van der Waals surface area (Å²) >= 11 is 0. The van der Waals surface area contributed by atoms with Crippen LogP contribution in [0.5, 0.6) is 0 Å². The minimum absolute atomic E-state index is 0.00408. The number of carbonyl (C=O) groups excluding carboxylic acids is 1. The van der Waals surface area contributed by atoms with Crippen LogP contribution in [0.1, 0.15) is 22.3 Å². The Morgan fingerprint density at radius 2 is 1.80 bits per heavy atom. The molecular formula is C22H22FN3O3S. The third kappa shape index (κ3) is 3.68. The molecule has 0 N–H and O–H groups in total. The normalized spacial score (nSPS) is 15.9. The van der Waals surface area contributed by atoms with Crippen LogP contribution in [0.15, 0.2) is 59.6 Å². The summed E-state index contributed by atoms with van der Waals surface area (Å²) < 4.78 is 42.2. The fourth-order valence-corrected chi connectivity index (χ4v) is 5.45. The van der Waals surface area contributed by atoms with Crippen molar-refractivity contribution >= 4 is 26.8 Å². The van der Waals surface area contributed by atoms with Crippen LogP contribution in [0.25, 0.3) is 10.9 Å². The minimum atomic E-state index is -3.77. The van der Waals surface area contributed by atoms with Gasteiger partial charge in [0, 0.05) is 37.8 Å². The van der Waals surface area contributed by atoms with E-state index in [4.69, 9.17) is 0 Å². The predicted octanol–water partition coefficient (Wildman–Crippen LogP) is 3.22. The number of halogens is 1. The van der Waals surface area contributed by atoms with E-state index in [1.165, 1.54) is 27.4 Å². The number of benzene rings is 2. The summed E-state index contributed by atoms with van der Waals surface area (Å²) in [6.45, 7) is 2.91. The lowest BCUT2D eigenvalue weighted by atomic mass is 10.1. The molecule has 0 radical (unpaired) electrons. The van der Waals surface area contributed by atoms with E-state index in [1.807, 2.05) is 6.92 Å². The molecule has 1 aliphatic rings. The molecular weight excluding hydrogens is 405 g/mol. The molecule has 3 aromatic rings. The molecule has 6 nitrogen and oxygen atoms in total. The summed E-state index contributed by atoms with van der Waals surface area (Å²) in [6, 6.07) is 12.7. The van der Waals surface area contributed by atoms with Crippen LogP contribution in [0.4, 0.5) is 4.39 Å². The molecule has 8 heteroatoms. The molecule has 0 unspecified atom stereocenters. The van der Waals surface area contributed by atoms with Crippen molar-refractivity contribution in [2.24, 2.45) is 0 Å². The first-order valence-corrected chi connectivity index (χ1v) is 11.2. The number of aryl methyl sites for hydroxylation is 1. The summed E-state index contributed by atoms with van der Waals surface area (Å²) in [6.07, 6.45) is 2.12. The first-order chi connectivity index (χ1) is 14.4. The van der Waals surface area contributed by atoms with E-state index in [2.05, 4.69) is 4.98 Å². The zero-order chi connectivity index (χ0) is 21.3. The van der Waals surface area contributed by atoms with Crippen molar-refractivity contribution in [2.75, 3.05) is 26.2 Å². The van der Waals surface area contributed by atoms with E-state index in [0.717, 1.165) is 5.56 Å². The molecule has 1 amide bonds. The number of pyridine rings is 1. The third-order valence-electron chi connectivity index (χ3n) is 5.40. The topological polar surface area (TPSA) is 70.6 Å². The van der Waals surface area contributed by atoms with Crippen LogP contribution >= 0.6 is 0 Å². The molecule has 0 bridgehead atoms. The third-order valence-corrected chi connectivity index (χ3v) is 7.35. The highest BCUT2D eigenvalue weighted by Gasteiger charge is 2.30. The number of hydrogen-bond acceptors (Lipinski definition) is 4. The molecule has 0 spiro atoms. The second-order valence-electron chi connectivity index (χ2n) is 7.31. The van der Waals surface area contributed by atoms with Gasteiger partial charge in [-0.1, -0.05) is 18.2 Å². The molecule has 1 aliphatic heterocycles. The maximum atomic E-state index is 14.0. The average molecular weight is 428 g/mol. The first kappa shape index (κ1) is 20.4. The highest BCUT2D eigenvalue weighted by atomic mass is 32.2. The van der Waals surface area contributed by atoms with Gasteiger partial charge in [-0.2, -0.15) is 4.31 Å². The fraction of sp³-hybridized carbons (Fsp3) is 0.273. The minimum Gasteiger partial charge on any atom is -0.337 e. The molecule has 1 fully saturated rings. The van der Waals surface area contributed by atoms with Gasteiger partial charge >= 0.3 is 0 Å². The van der Waals surface area contributed by atoms with E-state index < -0.39 is 21.7 Å². The van der Waals surface area contributed by atoms with E-state index in [9.17, 15) is 17.6 Å². The highest BCUT2D eigenvalue weighted by molar-refractivity contribution is 7.89. The Morgan fingerprint density at radius 3 is 2.60 bits per heavy atom. The Labute approximate surface area is 175 Å². The highest BCUT2D eigenvalue weighted by Crippen LogP contribution is 2.27. The zero-order valence-electron chi connectivity index (χ0n) is 16.6. The molecule has 0 atom stereocenters. The van der Waals surface area contributed by atoms with E-state index in [-0.39, 0.29) is 23.5 Å². The van der Waals surface area contributed by atoms with Gasteiger partial charge in [0.25, 0.3) is 5.91 Å². The van der Waals surface area contributed by atoms with Crippen molar-refractivity contribution in [1.82, 2.24) is 14.2 Å². The average Bonchev–Trinajstić information content (AvgIpc) is 3.01. The van der Waals surface area contributed by atoms with Crippen molar-refractivity contribution in [3.8, 4) is 0 Å². The number of rotatable bonds is 3. The lowest BCUT2D eigenvalue weighted by Gasteiger charge is -2.23. The van der Waals surface area contributed by atoms with E-state index in [0.29, 0.717) is 30.4 Å². The standard InChI is InChI=1S/C22H22FN3O3S/c1-16-9-10-20(18-7-4-11-24-21(16)18)30(28,29)26-13-5-12-25(14-15-26)22(27)17-6-2-3-8-19(17)23/h2-4,6-11H,5,12-15H2,1H3. The molecule has 2 heterocycles. The van der Waals surface area contributed by atoms with Crippen LogP contribution in [0.3, 0.4) is 0 Å². The quantitative estimate of drug-likeness (QED) is 0.644. The summed E-state index contributed by atoms with van der Waals surface area (Å²) in [5.41, 5.74) is 1.57. The predicted molar refractivity (Wildman–Crippen MR) is 112 cm³/mol. The summed E-state index contributed by atoms with van der Waals surface area (Å²) in [4.78, 5) is 18.8. The second-order valence-corrected chi connectivity index (χ2v) is 9.22. The monoisotopic (exact) mass is 427 g/mol. The molecule has 1 saturated heterocycles. The van der Waals surface area contributed by atoms with Crippen molar-refractivity contribution in [1.29, 1.82) is 0 Å². The number of fused-ring (bicyclic) bond motifs is 1. The first-order valence-electron chi connectivity index (χ1n) is 9.78. The van der Waals surface area contributed by atoms with Crippen LogP contribution in [-0.4, -0.2) is 54.7 Å². The van der Waals surface area contributed by atoms with Gasteiger partial charge in [0.15, 0.2) is 0 Å². The maximum absolute atomic E-state index is 14.0. The number of aromatic nitrogens is 1. The Kier molecular flexibility index (Phi) is 5.53. The molecule has 156 valence electrons. The molecule has 2 aromatic carbocycles. The number of sulfonamides is 1. The maximum Gasteiger partial charge on any atom is 0.256 e.